The van der Waals surface area contributed by atoms with Crippen LogP contribution in [0.25, 0.3) is 0 Å². The van der Waals surface area contributed by atoms with Gasteiger partial charge in [-0.1, -0.05) is 37.6 Å². The quantitative estimate of drug-likeness (QED) is 0.832. The number of thioether (sulfide) groups is 1. The Bertz CT molecular complexity index is 430. The molecule has 1 atom stereocenters. The van der Waals surface area contributed by atoms with Gasteiger partial charge in [-0.25, -0.2) is 0 Å². The molecular weight excluding hydrogens is 252 g/mol. The Kier molecular flexibility index (Phi) is 3.50. The smallest absolute Gasteiger partial charge is 0.104 e. The number of halogens is 1. The molecule has 1 aromatic rings. The molecule has 1 unspecified atom stereocenters. The summed E-state index contributed by atoms with van der Waals surface area (Å²) in [6.07, 6.45) is 1.03. The van der Waals surface area contributed by atoms with E-state index in [2.05, 4.69) is 13.8 Å². The lowest BCUT2D eigenvalue weighted by molar-refractivity contribution is -0.0578. The van der Waals surface area contributed by atoms with Gasteiger partial charge in [-0.05, 0) is 41.7 Å². The maximum atomic E-state index is 11.0. The van der Waals surface area contributed by atoms with E-state index < -0.39 is 5.60 Å². The lowest BCUT2D eigenvalue weighted by Gasteiger charge is -2.46. The molecule has 2 rings (SSSR count). The third kappa shape index (κ3) is 2.23. The zero-order valence-corrected chi connectivity index (χ0v) is 12.2. The van der Waals surface area contributed by atoms with Crippen LogP contribution in [0.3, 0.4) is 0 Å². The van der Waals surface area contributed by atoms with Gasteiger partial charge in [0.15, 0.2) is 0 Å². The van der Waals surface area contributed by atoms with Crippen LogP contribution in [-0.4, -0.2) is 16.6 Å². The van der Waals surface area contributed by atoms with Gasteiger partial charge >= 0.3 is 0 Å². The van der Waals surface area contributed by atoms with Gasteiger partial charge in [0.1, 0.15) is 5.60 Å². The molecule has 1 aliphatic rings. The molecule has 1 aliphatic heterocycles. The first-order chi connectivity index (χ1) is 7.87. The molecule has 0 radical (unpaired) electrons. The van der Waals surface area contributed by atoms with E-state index in [0.29, 0.717) is 0 Å². The fourth-order valence-corrected chi connectivity index (χ4v) is 4.11. The molecule has 1 N–H and O–H groups in total. The van der Waals surface area contributed by atoms with Gasteiger partial charge in [-0.15, -0.1) is 0 Å². The standard InChI is InChI=1S/C14H19ClOS/c1-10-4-5-11(8-12(10)15)14(16)9-17-7-6-13(14,2)3/h4-5,8,16H,6-7,9H2,1-3H3. The molecule has 0 bridgehead atoms. The third-order valence-corrected chi connectivity index (χ3v) is 5.47. The predicted molar refractivity (Wildman–Crippen MR) is 75.8 cm³/mol. The fraction of sp³-hybridized carbons (Fsp3) is 0.571. The molecule has 17 heavy (non-hydrogen) atoms. The molecule has 0 aromatic heterocycles. The van der Waals surface area contributed by atoms with Gasteiger partial charge in [-0.2, -0.15) is 11.8 Å². The molecule has 1 heterocycles. The summed E-state index contributed by atoms with van der Waals surface area (Å²) >= 11 is 7.99. The van der Waals surface area contributed by atoms with Crippen molar-refractivity contribution in [1.82, 2.24) is 0 Å². The second-order valence-corrected chi connectivity index (χ2v) is 7.02. The van der Waals surface area contributed by atoms with E-state index in [1.54, 1.807) is 0 Å². The van der Waals surface area contributed by atoms with Gasteiger partial charge in [0.25, 0.3) is 0 Å². The average Bonchev–Trinajstić information content (AvgIpc) is 2.26. The first-order valence-electron chi connectivity index (χ1n) is 5.94. The summed E-state index contributed by atoms with van der Waals surface area (Å²) in [7, 11) is 0. The third-order valence-electron chi connectivity index (χ3n) is 3.95. The topological polar surface area (TPSA) is 20.2 Å². The van der Waals surface area contributed by atoms with E-state index in [0.717, 1.165) is 34.1 Å². The maximum Gasteiger partial charge on any atom is 0.104 e. The van der Waals surface area contributed by atoms with Crippen LogP contribution in [-0.2, 0) is 5.60 Å². The van der Waals surface area contributed by atoms with Crippen LogP contribution in [0.15, 0.2) is 18.2 Å². The van der Waals surface area contributed by atoms with Crippen LogP contribution in [0.5, 0.6) is 0 Å². The Morgan fingerprint density at radius 2 is 2.06 bits per heavy atom. The Morgan fingerprint density at radius 1 is 1.35 bits per heavy atom. The number of benzene rings is 1. The molecule has 1 saturated heterocycles. The number of hydrogen-bond donors (Lipinski definition) is 1. The van der Waals surface area contributed by atoms with Gasteiger partial charge in [0.2, 0.25) is 0 Å². The second-order valence-electron chi connectivity index (χ2n) is 5.51. The summed E-state index contributed by atoms with van der Waals surface area (Å²) in [6, 6.07) is 5.92. The largest absolute Gasteiger partial charge is 0.384 e. The van der Waals surface area contributed by atoms with Gasteiger partial charge in [0.05, 0.1) is 0 Å². The van der Waals surface area contributed by atoms with Crippen LogP contribution in [0.2, 0.25) is 5.02 Å². The normalized spacial score (nSPS) is 28.1. The monoisotopic (exact) mass is 270 g/mol. The SMILES string of the molecule is Cc1ccc(C2(O)CSCCC2(C)C)cc1Cl. The summed E-state index contributed by atoms with van der Waals surface area (Å²) in [6.45, 7) is 6.26. The predicted octanol–water partition coefficient (Wildman–Crippen LogP) is 4.00. The molecule has 3 heteroatoms. The van der Waals surface area contributed by atoms with Crippen molar-refractivity contribution in [1.29, 1.82) is 0 Å². The minimum Gasteiger partial charge on any atom is -0.384 e. The van der Waals surface area contributed by atoms with Gasteiger partial charge in [-0.3, -0.25) is 0 Å². The van der Waals surface area contributed by atoms with Crippen molar-refractivity contribution in [3.8, 4) is 0 Å². The molecule has 1 fully saturated rings. The molecule has 0 saturated carbocycles. The summed E-state index contributed by atoms with van der Waals surface area (Å²) in [5, 5.41) is 11.7. The Balaban J connectivity index is 2.45. The van der Waals surface area contributed by atoms with Crippen molar-refractivity contribution in [2.75, 3.05) is 11.5 Å². The Labute approximate surface area is 113 Å². The van der Waals surface area contributed by atoms with Gasteiger partial charge in [0, 0.05) is 10.8 Å². The van der Waals surface area contributed by atoms with E-state index in [9.17, 15) is 5.11 Å². The Hall–Kier alpha value is -0.180. The highest BCUT2D eigenvalue weighted by atomic mass is 35.5. The summed E-state index contributed by atoms with van der Waals surface area (Å²) in [5.41, 5.74) is 1.13. The van der Waals surface area contributed by atoms with Crippen LogP contribution in [0.1, 0.15) is 31.4 Å². The van der Waals surface area contributed by atoms with Crippen LogP contribution < -0.4 is 0 Å². The lowest BCUT2D eigenvalue weighted by Crippen LogP contribution is -2.47. The summed E-state index contributed by atoms with van der Waals surface area (Å²) in [4.78, 5) is 0. The number of aryl methyl sites for hydroxylation is 1. The maximum absolute atomic E-state index is 11.0. The highest BCUT2D eigenvalue weighted by molar-refractivity contribution is 7.99. The van der Waals surface area contributed by atoms with Crippen molar-refractivity contribution in [3.63, 3.8) is 0 Å². The molecule has 1 nitrogen and oxygen atoms in total. The molecule has 94 valence electrons. The van der Waals surface area contributed by atoms with Crippen LogP contribution in [0, 0.1) is 12.3 Å². The van der Waals surface area contributed by atoms with E-state index in [1.807, 2.05) is 36.9 Å². The summed E-state index contributed by atoms with van der Waals surface area (Å²) < 4.78 is 0. The van der Waals surface area contributed by atoms with Crippen molar-refractivity contribution in [3.05, 3.63) is 34.3 Å². The highest BCUT2D eigenvalue weighted by Crippen LogP contribution is 2.48. The molecule has 0 amide bonds. The van der Waals surface area contributed by atoms with Crippen molar-refractivity contribution < 1.29 is 5.11 Å². The zero-order valence-electron chi connectivity index (χ0n) is 10.6. The molecule has 0 aliphatic carbocycles. The molecule has 0 spiro atoms. The minimum atomic E-state index is -0.771. The summed E-state index contributed by atoms with van der Waals surface area (Å²) in [5.74, 6) is 1.87. The van der Waals surface area contributed by atoms with Crippen molar-refractivity contribution in [2.24, 2.45) is 5.41 Å². The fourth-order valence-electron chi connectivity index (χ4n) is 2.27. The van der Waals surface area contributed by atoms with Crippen molar-refractivity contribution >= 4 is 23.4 Å². The van der Waals surface area contributed by atoms with E-state index >= 15 is 0 Å². The van der Waals surface area contributed by atoms with E-state index in [1.165, 1.54) is 0 Å². The average molecular weight is 271 g/mol. The number of aliphatic hydroxyl groups is 1. The van der Waals surface area contributed by atoms with E-state index in [4.69, 9.17) is 11.6 Å². The molecule has 1 aromatic carbocycles. The van der Waals surface area contributed by atoms with Gasteiger partial charge < -0.3 is 5.11 Å². The van der Waals surface area contributed by atoms with Crippen molar-refractivity contribution in [2.45, 2.75) is 32.8 Å². The van der Waals surface area contributed by atoms with E-state index in [-0.39, 0.29) is 5.41 Å². The minimum absolute atomic E-state index is 0.100. The highest BCUT2D eigenvalue weighted by Gasteiger charge is 2.46. The lowest BCUT2D eigenvalue weighted by atomic mass is 9.70. The Morgan fingerprint density at radius 3 is 2.65 bits per heavy atom. The van der Waals surface area contributed by atoms with Crippen LogP contribution >= 0.6 is 23.4 Å². The zero-order chi connectivity index (χ0) is 12.7. The number of rotatable bonds is 1. The second kappa shape index (κ2) is 4.49. The van der Waals surface area contributed by atoms with Crippen LogP contribution in [0.4, 0.5) is 0 Å². The molecular formula is C14H19ClOS. The first-order valence-corrected chi connectivity index (χ1v) is 7.47. The number of hydrogen-bond acceptors (Lipinski definition) is 2. The first kappa shape index (κ1) is 13.3.